The van der Waals surface area contributed by atoms with Gasteiger partial charge in [-0.05, 0) is 12.1 Å². The van der Waals surface area contributed by atoms with Gasteiger partial charge in [0.05, 0.1) is 11.4 Å². The van der Waals surface area contributed by atoms with Gasteiger partial charge in [0, 0.05) is 18.0 Å². The van der Waals surface area contributed by atoms with Crippen LogP contribution in [0.3, 0.4) is 0 Å². The molecule has 0 aliphatic carbocycles. The Labute approximate surface area is 63.4 Å². The number of carbonyl (C=O) groups excluding carboxylic acids is 1. The highest BCUT2D eigenvalue weighted by Gasteiger charge is 2.02. The number of fused-ring (bicyclic) bond motifs is 1. The third kappa shape index (κ3) is 0.902. The number of aldehydes is 1. The topological polar surface area (TPSA) is 45.8 Å². The van der Waals surface area contributed by atoms with Crippen LogP contribution in [0.5, 0.6) is 0 Å². The van der Waals surface area contributed by atoms with E-state index in [1.165, 1.54) is 0 Å². The quantitative estimate of drug-likeness (QED) is 0.617. The monoisotopic (exact) mass is 146 g/mol. The van der Waals surface area contributed by atoms with Gasteiger partial charge in [0.1, 0.15) is 0 Å². The average Bonchev–Trinajstić information content (AvgIpc) is 2.50. The van der Waals surface area contributed by atoms with E-state index in [1.54, 1.807) is 18.5 Å². The predicted octanol–water partition coefficient (Wildman–Crippen LogP) is 1.33. The van der Waals surface area contributed by atoms with Gasteiger partial charge in [0.25, 0.3) is 0 Å². The van der Waals surface area contributed by atoms with E-state index in [9.17, 15) is 4.79 Å². The molecule has 2 heterocycles. The molecule has 0 aromatic rings. The van der Waals surface area contributed by atoms with E-state index < -0.39 is 0 Å². The molecule has 2 rings (SSSR count). The lowest BCUT2D eigenvalue weighted by atomic mass is 10.2. The number of rotatable bonds is 1. The van der Waals surface area contributed by atoms with Crippen molar-refractivity contribution in [2.24, 2.45) is 0 Å². The SMILES string of the molecule is O=Cc1cc2ccnc-2c[nH]1. The number of nitrogens with one attached hydrogen (secondary N) is 1. The van der Waals surface area contributed by atoms with Crippen LogP contribution in [0.25, 0.3) is 11.3 Å². The Balaban J connectivity index is 2.68. The first-order valence-electron chi connectivity index (χ1n) is 3.28. The number of nitrogens with zero attached hydrogens (tertiary/aromatic N) is 1. The molecule has 0 saturated carbocycles. The van der Waals surface area contributed by atoms with Crippen LogP contribution < -0.4 is 0 Å². The fraction of sp³-hybridized carbons (Fsp3) is 0. The Bertz CT molecular complexity index is 353. The molecule has 2 aliphatic heterocycles. The van der Waals surface area contributed by atoms with Crippen LogP contribution in [0.2, 0.25) is 0 Å². The van der Waals surface area contributed by atoms with Gasteiger partial charge in [-0.1, -0.05) is 0 Å². The molecule has 3 heteroatoms. The van der Waals surface area contributed by atoms with E-state index in [4.69, 9.17) is 0 Å². The summed E-state index contributed by atoms with van der Waals surface area (Å²) in [4.78, 5) is 17.2. The Morgan fingerprint density at radius 1 is 1.55 bits per heavy atom. The van der Waals surface area contributed by atoms with Crippen molar-refractivity contribution in [3.05, 3.63) is 30.2 Å². The molecule has 1 N–H and O–H groups in total. The predicted molar refractivity (Wildman–Crippen MR) is 40.6 cm³/mol. The lowest BCUT2D eigenvalue weighted by Gasteiger charge is -1.96. The molecule has 0 aromatic heterocycles. The summed E-state index contributed by atoms with van der Waals surface area (Å²) in [5.74, 6) is 0. The third-order valence-electron chi connectivity index (χ3n) is 1.58. The Morgan fingerprint density at radius 2 is 2.45 bits per heavy atom. The fourth-order valence-electron chi connectivity index (χ4n) is 1.03. The molecule has 0 amide bonds. The molecular weight excluding hydrogens is 140 g/mol. The van der Waals surface area contributed by atoms with E-state index in [0.29, 0.717) is 5.69 Å². The van der Waals surface area contributed by atoms with Gasteiger partial charge in [-0.25, -0.2) is 0 Å². The zero-order valence-electron chi connectivity index (χ0n) is 5.74. The summed E-state index contributed by atoms with van der Waals surface area (Å²) in [7, 11) is 0. The van der Waals surface area contributed by atoms with Crippen molar-refractivity contribution < 1.29 is 4.79 Å². The molecule has 3 nitrogen and oxygen atoms in total. The number of hydrogen-bond acceptors (Lipinski definition) is 2. The van der Waals surface area contributed by atoms with Gasteiger partial charge in [-0.2, -0.15) is 0 Å². The largest absolute Gasteiger partial charge is 0.357 e. The van der Waals surface area contributed by atoms with Crippen LogP contribution >= 0.6 is 0 Å². The number of aromatic amines is 1. The van der Waals surface area contributed by atoms with E-state index in [-0.39, 0.29) is 0 Å². The molecule has 0 fully saturated rings. The third-order valence-corrected chi connectivity index (χ3v) is 1.58. The summed E-state index contributed by atoms with van der Waals surface area (Å²) in [5, 5.41) is 0. The van der Waals surface area contributed by atoms with Crippen molar-refractivity contribution in [3.63, 3.8) is 0 Å². The summed E-state index contributed by atoms with van der Waals surface area (Å²) in [6.07, 6.45) is 4.22. The first kappa shape index (κ1) is 6.09. The van der Waals surface area contributed by atoms with Crippen molar-refractivity contribution >= 4 is 6.29 Å². The van der Waals surface area contributed by atoms with E-state index >= 15 is 0 Å². The molecule has 0 saturated heterocycles. The summed E-state index contributed by atoms with van der Waals surface area (Å²) in [5.41, 5.74) is 2.45. The summed E-state index contributed by atoms with van der Waals surface area (Å²) in [6.45, 7) is 0. The molecule has 0 radical (unpaired) electrons. The average molecular weight is 146 g/mol. The first-order chi connectivity index (χ1) is 5.40. The fourth-order valence-corrected chi connectivity index (χ4v) is 1.03. The van der Waals surface area contributed by atoms with E-state index in [0.717, 1.165) is 17.5 Å². The highest BCUT2D eigenvalue weighted by Crippen LogP contribution is 2.17. The number of hydrogen-bond donors (Lipinski definition) is 1. The van der Waals surface area contributed by atoms with Gasteiger partial charge < -0.3 is 4.98 Å². The van der Waals surface area contributed by atoms with Crippen molar-refractivity contribution in [1.29, 1.82) is 0 Å². The van der Waals surface area contributed by atoms with Gasteiger partial charge in [0.15, 0.2) is 6.29 Å². The lowest BCUT2D eigenvalue weighted by Crippen LogP contribution is -1.87. The Hall–Kier alpha value is -1.64. The second-order valence-corrected chi connectivity index (χ2v) is 2.29. The normalized spacial score (nSPS) is 10.2. The molecule has 0 spiro atoms. The Kier molecular flexibility index (Phi) is 1.22. The van der Waals surface area contributed by atoms with Crippen LogP contribution in [0.1, 0.15) is 10.5 Å². The summed E-state index contributed by atoms with van der Waals surface area (Å²) in [6, 6.07) is 3.64. The Morgan fingerprint density at radius 3 is 3.27 bits per heavy atom. The number of carbonyl (C=O) groups is 1. The summed E-state index contributed by atoms with van der Waals surface area (Å²) < 4.78 is 0. The maximum Gasteiger partial charge on any atom is 0.166 e. The van der Waals surface area contributed by atoms with Gasteiger partial charge in [-0.3, -0.25) is 9.78 Å². The number of aromatic nitrogens is 2. The van der Waals surface area contributed by atoms with Crippen LogP contribution in [-0.2, 0) is 0 Å². The molecule has 11 heavy (non-hydrogen) atoms. The van der Waals surface area contributed by atoms with Crippen molar-refractivity contribution in [2.75, 3.05) is 0 Å². The van der Waals surface area contributed by atoms with Gasteiger partial charge in [-0.15, -0.1) is 0 Å². The smallest absolute Gasteiger partial charge is 0.166 e. The molecule has 0 bridgehead atoms. The molecule has 54 valence electrons. The van der Waals surface area contributed by atoms with Crippen molar-refractivity contribution in [2.45, 2.75) is 0 Å². The molecule has 0 atom stereocenters. The second-order valence-electron chi connectivity index (χ2n) is 2.29. The minimum Gasteiger partial charge on any atom is -0.357 e. The summed E-state index contributed by atoms with van der Waals surface area (Å²) >= 11 is 0. The molecule has 0 unspecified atom stereocenters. The standard InChI is InChI=1S/C8H6N2O/c11-5-7-3-6-1-2-9-8(6)4-10-7/h1-5,10H. The molecule has 0 aromatic carbocycles. The maximum absolute atomic E-state index is 10.3. The van der Waals surface area contributed by atoms with Gasteiger partial charge in [0.2, 0.25) is 0 Å². The number of pyridine rings is 1. The number of H-pyrrole nitrogens is 1. The van der Waals surface area contributed by atoms with Crippen LogP contribution in [-0.4, -0.2) is 16.3 Å². The van der Waals surface area contributed by atoms with Crippen molar-refractivity contribution in [1.82, 2.24) is 9.97 Å². The highest BCUT2D eigenvalue weighted by atomic mass is 16.1. The van der Waals surface area contributed by atoms with Crippen LogP contribution in [0, 0.1) is 0 Å². The van der Waals surface area contributed by atoms with Crippen molar-refractivity contribution in [3.8, 4) is 11.3 Å². The minimum absolute atomic E-state index is 0.575. The van der Waals surface area contributed by atoms with Crippen LogP contribution in [0.4, 0.5) is 0 Å². The lowest BCUT2D eigenvalue weighted by molar-refractivity contribution is 0.111. The second kappa shape index (κ2) is 2.20. The van der Waals surface area contributed by atoms with E-state index in [2.05, 4.69) is 9.97 Å². The maximum atomic E-state index is 10.3. The van der Waals surface area contributed by atoms with E-state index in [1.807, 2.05) is 6.07 Å². The van der Waals surface area contributed by atoms with Gasteiger partial charge >= 0.3 is 0 Å². The minimum atomic E-state index is 0.575. The highest BCUT2D eigenvalue weighted by molar-refractivity contribution is 5.76. The zero-order chi connectivity index (χ0) is 7.68. The molecule has 2 aliphatic rings. The van der Waals surface area contributed by atoms with Crippen LogP contribution in [0.15, 0.2) is 24.5 Å². The first-order valence-corrected chi connectivity index (χ1v) is 3.28. The zero-order valence-corrected chi connectivity index (χ0v) is 5.74. The molecular formula is C8H6N2O.